The number of nitrogens with one attached hydrogen (secondary N) is 2. The van der Waals surface area contributed by atoms with E-state index in [9.17, 15) is 14.0 Å². The van der Waals surface area contributed by atoms with E-state index in [2.05, 4.69) is 10.3 Å². The van der Waals surface area contributed by atoms with Crippen molar-refractivity contribution in [1.29, 1.82) is 0 Å². The van der Waals surface area contributed by atoms with Crippen LogP contribution in [0, 0.1) is 5.82 Å². The second-order valence-electron chi connectivity index (χ2n) is 4.02. The minimum absolute atomic E-state index is 0.00157. The van der Waals surface area contributed by atoms with Gasteiger partial charge in [-0.1, -0.05) is 11.6 Å². The SMILES string of the molecule is CCn1c(N)c(Nc2ccc(F)c(Cl)c2)c(=O)[nH]c1=O. The highest BCUT2D eigenvalue weighted by molar-refractivity contribution is 6.31. The van der Waals surface area contributed by atoms with Crippen LogP contribution in [0.2, 0.25) is 5.02 Å². The van der Waals surface area contributed by atoms with Crippen molar-refractivity contribution in [2.75, 3.05) is 11.1 Å². The summed E-state index contributed by atoms with van der Waals surface area (Å²) in [5.74, 6) is -0.570. The summed E-state index contributed by atoms with van der Waals surface area (Å²) in [4.78, 5) is 25.4. The molecule has 0 saturated heterocycles. The Morgan fingerprint density at radius 3 is 2.75 bits per heavy atom. The van der Waals surface area contributed by atoms with Gasteiger partial charge < -0.3 is 11.1 Å². The molecule has 0 fully saturated rings. The molecule has 6 nitrogen and oxygen atoms in total. The molecule has 2 rings (SSSR count). The molecule has 4 N–H and O–H groups in total. The van der Waals surface area contributed by atoms with Crippen molar-refractivity contribution in [2.45, 2.75) is 13.5 Å². The molecule has 0 unspecified atom stereocenters. The van der Waals surface area contributed by atoms with Crippen LogP contribution in [0.3, 0.4) is 0 Å². The predicted molar refractivity (Wildman–Crippen MR) is 76.1 cm³/mol. The molecule has 0 saturated carbocycles. The molecule has 0 aliphatic carbocycles. The number of aromatic amines is 1. The van der Waals surface area contributed by atoms with Gasteiger partial charge in [-0.05, 0) is 25.1 Å². The van der Waals surface area contributed by atoms with Crippen LogP contribution in [0.4, 0.5) is 21.6 Å². The molecule has 1 aromatic carbocycles. The van der Waals surface area contributed by atoms with Crippen molar-refractivity contribution < 1.29 is 4.39 Å². The summed E-state index contributed by atoms with van der Waals surface area (Å²) < 4.78 is 14.3. The van der Waals surface area contributed by atoms with Gasteiger partial charge in [0.25, 0.3) is 5.56 Å². The first-order chi connectivity index (χ1) is 9.43. The van der Waals surface area contributed by atoms with E-state index in [1.807, 2.05) is 0 Å². The second kappa shape index (κ2) is 5.38. The first-order valence-corrected chi connectivity index (χ1v) is 6.16. The van der Waals surface area contributed by atoms with Crippen LogP contribution >= 0.6 is 11.6 Å². The molecule has 0 aliphatic rings. The Morgan fingerprint density at radius 1 is 1.45 bits per heavy atom. The molecule has 1 heterocycles. The van der Waals surface area contributed by atoms with Gasteiger partial charge in [-0.3, -0.25) is 14.3 Å². The number of nitrogen functional groups attached to an aromatic ring is 1. The minimum atomic E-state index is -0.655. The monoisotopic (exact) mass is 298 g/mol. The number of rotatable bonds is 3. The molecule has 0 radical (unpaired) electrons. The molecule has 106 valence electrons. The van der Waals surface area contributed by atoms with E-state index in [0.29, 0.717) is 12.2 Å². The Bertz CT molecular complexity index is 769. The number of hydrogen-bond donors (Lipinski definition) is 3. The number of nitrogens with zero attached hydrogens (tertiary/aromatic N) is 1. The van der Waals surface area contributed by atoms with Crippen LogP contribution in [-0.4, -0.2) is 9.55 Å². The fourth-order valence-corrected chi connectivity index (χ4v) is 1.92. The molecule has 0 aliphatic heterocycles. The van der Waals surface area contributed by atoms with Gasteiger partial charge in [0.1, 0.15) is 17.3 Å². The third-order valence-corrected chi connectivity index (χ3v) is 3.03. The number of H-pyrrole nitrogens is 1. The van der Waals surface area contributed by atoms with Crippen molar-refractivity contribution >= 4 is 28.8 Å². The number of benzene rings is 1. The van der Waals surface area contributed by atoms with Crippen molar-refractivity contribution in [3.63, 3.8) is 0 Å². The molecule has 0 spiro atoms. The molecule has 8 heteroatoms. The van der Waals surface area contributed by atoms with E-state index in [0.717, 1.165) is 6.07 Å². The zero-order valence-electron chi connectivity index (χ0n) is 10.5. The summed E-state index contributed by atoms with van der Waals surface area (Å²) in [5.41, 5.74) is 4.94. The number of nitrogens with two attached hydrogens (primary N) is 1. The van der Waals surface area contributed by atoms with Crippen LogP contribution in [0.1, 0.15) is 6.92 Å². The van der Waals surface area contributed by atoms with Crippen LogP contribution in [0.15, 0.2) is 27.8 Å². The molecular weight excluding hydrogens is 287 g/mol. The lowest BCUT2D eigenvalue weighted by Crippen LogP contribution is -2.33. The van der Waals surface area contributed by atoms with Gasteiger partial charge in [-0.2, -0.15) is 0 Å². The van der Waals surface area contributed by atoms with Crippen molar-refractivity contribution in [2.24, 2.45) is 0 Å². The molecule has 0 amide bonds. The average Bonchev–Trinajstić information content (AvgIpc) is 2.39. The molecule has 0 atom stereocenters. The van der Waals surface area contributed by atoms with E-state index in [-0.39, 0.29) is 16.5 Å². The predicted octanol–water partition coefficient (Wildman–Crippen LogP) is 1.67. The highest BCUT2D eigenvalue weighted by Gasteiger charge is 2.12. The number of anilines is 3. The Hall–Kier alpha value is -2.28. The fraction of sp³-hybridized carbons (Fsp3) is 0.167. The number of aromatic nitrogens is 2. The van der Waals surface area contributed by atoms with Gasteiger partial charge in [0, 0.05) is 12.2 Å². The van der Waals surface area contributed by atoms with E-state index >= 15 is 0 Å². The highest BCUT2D eigenvalue weighted by Crippen LogP contribution is 2.23. The standard InChI is InChI=1S/C12H12ClFN4O2/c1-2-18-10(15)9(11(19)17-12(18)20)16-6-3-4-8(14)7(13)5-6/h3-5,16H,2,15H2,1H3,(H,17,19,20). The smallest absolute Gasteiger partial charge is 0.330 e. The van der Waals surface area contributed by atoms with Gasteiger partial charge in [0.05, 0.1) is 5.02 Å². The van der Waals surface area contributed by atoms with E-state index in [1.165, 1.54) is 16.7 Å². The van der Waals surface area contributed by atoms with Gasteiger partial charge >= 0.3 is 5.69 Å². The summed E-state index contributed by atoms with van der Waals surface area (Å²) in [6.07, 6.45) is 0. The van der Waals surface area contributed by atoms with Gasteiger partial charge in [-0.15, -0.1) is 0 Å². The van der Waals surface area contributed by atoms with Crippen LogP contribution in [0.5, 0.6) is 0 Å². The average molecular weight is 299 g/mol. The maximum Gasteiger partial charge on any atom is 0.330 e. The Kier molecular flexibility index (Phi) is 3.80. The normalized spacial score (nSPS) is 10.6. The second-order valence-corrected chi connectivity index (χ2v) is 4.42. The number of halogens is 2. The third-order valence-electron chi connectivity index (χ3n) is 2.74. The maximum absolute atomic E-state index is 13.1. The molecule has 20 heavy (non-hydrogen) atoms. The van der Waals surface area contributed by atoms with Gasteiger partial charge in [0.15, 0.2) is 0 Å². The topological polar surface area (TPSA) is 92.9 Å². The van der Waals surface area contributed by atoms with Crippen molar-refractivity contribution in [3.8, 4) is 0 Å². The summed E-state index contributed by atoms with van der Waals surface area (Å²) >= 11 is 5.66. The lowest BCUT2D eigenvalue weighted by Gasteiger charge is -2.12. The maximum atomic E-state index is 13.1. The fourth-order valence-electron chi connectivity index (χ4n) is 1.74. The van der Waals surface area contributed by atoms with E-state index in [1.54, 1.807) is 6.92 Å². The van der Waals surface area contributed by atoms with Crippen molar-refractivity contribution in [3.05, 3.63) is 49.9 Å². The van der Waals surface area contributed by atoms with Gasteiger partial charge in [0.2, 0.25) is 0 Å². The van der Waals surface area contributed by atoms with Crippen LogP contribution < -0.4 is 22.3 Å². The summed E-state index contributed by atoms with van der Waals surface area (Å²) in [6.45, 7) is 2.02. The largest absolute Gasteiger partial charge is 0.383 e. The zero-order chi connectivity index (χ0) is 14.9. The molecule has 1 aromatic heterocycles. The Balaban J connectivity index is 2.51. The van der Waals surface area contributed by atoms with Crippen LogP contribution in [-0.2, 0) is 6.54 Å². The highest BCUT2D eigenvalue weighted by atomic mass is 35.5. The first-order valence-electron chi connectivity index (χ1n) is 5.78. The summed E-state index contributed by atoms with van der Waals surface area (Å²) in [7, 11) is 0. The summed E-state index contributed by atoms with van der Waals surface area (Å²) in [6, 6.07) is 3.88. The first kappa shape index (κ1) is 14.1. The van der Waals surface area contributed by atoms with Gasteiger partial charge in [-0.25, -0.2) is 9.18 Å². The lowest BCUT2D eigenvalue weighted by atomic mass is 10.3. The number of hydrogen-bond acceptors (Lipinski definition) is 4. The minimum Gasteiger partial charge on any atom is -0.383 e. The Morgan fingerprint density at radius 2 is 2.15 bits per heavy atom. The molecule has 0 bridgehead atoms. The Labute approximate surface area is 118 Å². The van der Waals surface area contributed by atoms with Crippen LogP contribution in [0.25, 0.3) is 0 Å². The zero-order valence-corrected chi connectivity index (χ0v) is 11.3. The third kappa shape index (κ3) is 2.53. The van der Waals surface area contributed by atoms with E-state index in [4.69, 9.17) is 17.3 Å². The van der Waals surface area contributed by atoms with Crippen molar-refractivity contribution in [1.82, 2.24) is 9.55 Å². The summed E-state index contributed by atoms with van der Waals surface area (Å²) in [5, 5.41) is 2.64. The lowest BCUT2D eigenvalue weighted by molar-refractivity contribution is 0.628. The molecule has 2 aromatic rings. The molecular formula is C12H12ClFN4O2. The quantitative estimate of drug-likeness (QED) is 0.803. The van der Waals surface area contributed by atoms with E-state index < -0.39 is 17.1 Å².